The number of carboxylic acids is 1. The molecule has 0 unspecified atom stereocenters. The zero-order chi connectivity index (χ0) is 12.0. The summed E-state index contributed by atoms with van der Waals surface area (Å²) < 4.78 is 4.78. The highest BCUT2D eigenvalue weighted by atomic mass is 16.5. The number of rotatable bonds is 7. The molecule has 16 heavy (non-hydrogen) atoms. The Balaban J connectivity index is 2.22. The number of aliphatic carboxylic acids is 1. The van der Waals surface area contributed by atoms with Crippen molar-refractivity contribution in [3.63, 3.8) is 0 Å². The Kier molecular flexibility index (Phi) is 5.25. The first kappa shape index (κ1) is 13.0. The summed E-state index contributed by atoms with van der Waals surface area (Å²) in [6, 6.07) is 0. The molecule has 1 N–H and O–H groups in total. The molecule has 0 heterocycles. The third kappa shape index (κ3) is 4.18. The quantitative estimate of drug-likeness (QED) is 0.699. The van der Waals surface area contributed by atoms with Crippen LogP contribution < -0.4 is 0 Å². The lowest BCUT2D eigenvalue weighted by Crippen LogP contribution is -2.39. The molecule has 0 aromatic carbocycles. The van der Waals surface area contributed by atoms with E-state index in [4.69, 9.17) is 9.84 Å². The number of likely N-dealkylation sites (N-methyl/N-ethyl adjacent to an activating group) is 1. The van der Waals surface area contributed by atoms with Crippen LogP contribution in [0.5, 0.6) is 0 Å². The molecule has 0 radical (unpaired) electrons. The highest BCUT2D eigenvalue weighted by molar-refractivity contribution is 5.78. The van der Waals surface area contributed by atoms with Gasteiger partial charge in [-0.1, -0.05) is 6.42 Å². The van der Waals surface area contributed by atoms with Crippen LogP contribution in [-0.4, -0.2) is 48.2 Å². The summed E-state index contributed by atoms with van der Waals surface area (Å²) in [5.41, 5.74) is 0. The summed E-state index contributed by atoms with van der Waals surface area (Å²) in [5, 5.41) is 8.36. The maximum absolute atomic E-state index is 11.6. The summed E-state index contributed by atoms with van der Waals surface area (Å²) >= 11 is 0. The molecule has 1 amide bonds. The molecule has 1 rings (SSSR count). The molecule has 0 aromatic rings. The fraction of sp³-hybridized carbons (Fsp3) is 0.818. The van der Waals surface area contributed by atoms with E-state index < -0.39 is 12.6 Å². The third-order valence-electron chi connectivity index (χ3n) is 2.89. The fourth-order valence-corrected chi connectivity index (χ4v) is 1.71. The molecule has 0 aromatic heterocycles. The van der Waals surface area contributed by atoms with Gasteiger partial charge >= 0.3 is 5.97 Å². The Bertz CT molecular complexity index is 250. The third-order valence-corrected chi connectivity index (χ3v) is 2.89. The van der Waals surface area contributed by atoms with Crippen molar-refractivity contribution in [2.24, 2.45) is 5.92 Å². The summed E-state index contributed by atoms with van der Waals surface area (Å²) in [4.78, 5) is 23.6. The Morgan fingerprint density at radius 1 is 1.38 bits per heavy atom. The molecule has 5 nitrogen and oxygen atoms in total. The van der Waals surface area contributed by atoms with Gasteiger partial charge in [-0.05, 0) is 25.7 Å². The van der Waals surface area contributed by atoms with Crippen molar-refractivity contribution in [1.29, 1.82) is 0 Å². The van der Waals surface area contributed by atoms with E-state index in [0.29, 0.717) is 12.5 Å². The van der Waals surface area contributed by atoms with Gasteiger partial charge in [-0.2, -0.15) is 0 Å². The van der Waals surface area contributed by atoms with Gasteiger partial charge in [0.1, 0.15) is 13.2 Å². The van der Waals surface area contributed by atoms with Crippen molar-refractivity contribution in [3.8, 4) is 0 Å². The Morgan fingerprint density at radius 3 is 2.50 bits per heavy atom. The van der Waals surface area contributed by atoms with E-state index in [-0.39, 0.29) is 12.5 Å². The minimum absolute atomic E-state index is 0.115. The number of hydrogen-bond donors (Lipinski definition) is 1. The summed E-state index contributed by atoms with van der Waals surface area (Å²) in [7, 11) is 0. The van der Waals surface area contributed by atoms with Crippen molar-refractivity contribution in [3.05, 3.63) is 0 Å². The Labute approximate surface area is 95.4 Å². The molecule has 1 aliphatic carbocycles. The predicted octanol–water partition coefficient (Wildman–Crippen LogP) is 0.736. The second-order valence-electron chi connectivity index (χ2n) is 4.12. The second-order valence-corrected chi connectivity index (χ2v) is 4.12. The monoisotopic (exact) mass is 229 g/mol. The minimum atomic E-state index is -1.05. The SMILES string of the molecule is CCN(CC1CCC1)C(=O)COCC(=O)O. The maximum atomic E-state index is 11.6. The largest absolute Gasteiger partial charge is 0.480 e. The van der Waals surface area contributed by atoms with Gasteiger partial charge in [0, 0.05) is 13.1 Å². The first-order valence-corrected chi connectivity index (χ1v) is 5.70. The van der Waals surface area contributed by atoms with Crippen molar-refractivity contribution in [2.45, 2.75) is 26.2 Å². The van der Waals surface area contributed by atoms with E-state index in [1.54, 1.807) is 4.90 Å². The number of carboxylic acid groups (broad SMARTS) is 1. The van der Waals surface area contributed by atoms with Crippen LogP contribution in [0, 0.1) is 5.92 Å². The molecule has 1 fully saturated rings. The number of carbonyl (C=O) groups excluding carboxylic acids is 1. The van der Waals surface area contributed by atoms with Gasteiger partial charge in [-0.25, -0.2) is 4.79 Å². The van der Waals surface area contributed by atoms with Crippen LogP contribution in [0.4, 0.5) is 0 Å². The number of amides is 1. The average Bonchev–Trinajstić information content (AvgIpc) is 2.15. The summed E-state index contributed by atoms with van der Waals surface area (Å²) in [6.45, 7) is 2.82. The van der Waals surface area contributed by atoms with Crippen LogP contribution in [0.3, 0.4) is 0 Å². The lowest BCUT2D eigenvalue weighted by molar-refractivity contribution is -0.146. The zero-order valence-electron chi connectivity index (χ0n) is 9.65. The number of hydrogen-bond acceptors (Lipinski definition) is 3. The topological polar surface area (TPSA) is 66.8 Å². The molecule has 1 saturated carbocycles. The van der Waals surface area contributed by atoms with Gasteiger partial charge in [-0.15, -0.1) is 0 Å². The van der Waals surface area contributed by atoms with E-state index in [1.165, 1.54) is 19.3 Å². The molecule has 1 aliphatic rings. The van der Waals surface area contributed by atoms with E-state index in [9.17, 15) is 9.59 Å². The van der Waals surface area contributed by atoms with Crippen LogP contribution in [0.2, 0.25) is 0 Å². The van der Waals surface area contributed by atoms with Gasteiger partial charge in [0.2, 0.25) is 5.91 Å². The van der Waals surface area contributed by atoms with Gasteiger partial charge < -0.3 is 14.7 Å². The Hall–Kier alpha value is -1.10. The molecule has 0 atom stereocenters. The zero-order valence-corrected chi connectivity index (χ0v) is 9.65. The van der Waals surface area contributed by atoms with Crippen LogP contribution >= 0.6 is 0 Å². The molecular weight excluding hydrogens is 210 g/mol. The molecule has 0 bridgehead atoms. The molecule has 0 saturated heterocycles. The lowest BCUT2D eigenvalue weighted by atomic mass is 9.85. The molecule has 0 aliphatic heterocycles. The highest BCUT2D eigenvalue weighted by Crippen LogP contribution is 2.26. The minimum Gasteiger partial charge on any atom is -0.480 e. The highest BCUT2D eigenvalue weighted by Gasteiger charge is 2.22. The number of ether oxygens (including phenoxy) is 1. The van der Waals surface area contributed by atoms with Crippen LogP contribution in [-0.2, 0) is 14.3 Å². The summed E-state index contributed by atoms with van der Waals surface area (Å²) in [5.74, 6) is -0.533. The summed E-state index contributed by atoms with van der Waals surface area (Å²) in [6.07, 6.45) is 3.64. The van der Waals surface area contributed by atoms with Crippen molar-refractivity contribution >= 4 is 11.9 Å². The van der Waals surface area contributed by atoms with E-state index in [2.05, 4.69) is 0 Å². The first-order chi connectivity index (χ1) is 7.63. The number of carbonyl (C=O) groups is 2. The number of nitrogens with zero attached hydrogens (tertiary/aromatic N) is 1. The fourth-order valence-electron chi connectivity index (χ4n) is 1.71. The van der Waals surface area contributed by atoms with Crippen molar-refractivity contribution in [1.82, 2.24) is 4.90 Å². The molecule has 92 valence electrons. The van der Waals surface area contributed by atoms with Gasteiger partial charge in [-0.3, -0.25) is 4.79 Å². The molecule has 5 heteroatoms. The smallest absolute Gasteiger partial charge is 0.329 e. The van der Waals surface area contributed by atoms with Gasteiger partial charge in [0.05, 0.1) is 0 Å². The normalized spacial score (nSPS) is 15.6. The lowest BCUT2D eigenvalue weighted by Gasteiger charge is -2.31. The predicted molar refractivity (Wildman–Crippen MR) is 58.0 cm³/mol. The van der Waals surface area contributed by atoms with Gasteiger partial charge in [0.15, 0.2) is 0 Å². The van der Waals surface area contributed by atoms with E-state index >= 15 is 0 Å². The van der Waals surface area contributed by atoms with Crippen molar-refractivity contribution in [2.75, 3.05) is 26.3 Å². The molecule has 0 spiro atoms. The Morgan fingerprint density at radius 2 is 2.06 bits per heavy atom. The average molecular weight is 229 g/mol. The van der Waals surface area contributed by atoms with E-state index in [1.807, 2.05) is 6.92 Å². The van der Waals surface area contributed by atoms with Crippen LogP contribution in [0.25, 0.3) is 0 Å². The van der Waals surface area contributed by atoms with E-state index in [0.717, 1.165) is 6.54 Å². The van der Waals surface area contributed by atoms with Crippen LogP contribution in [0.1, 0.15) is 26.2 Å². The standard InChI is InChI=1S/C11H19NO4/c1-2-12(6-9-4-3-5-9)10(13)7-16-8-11(14)15/h9H,2-8H2,1H3,(H,14,15). The second kappa shape index (κ2) is 6.48. The first-order valence-electron chi connectivity index (χ1n) is 5.70. The van der Waals surface area contributed by atoms with Crippen molar-refractivity contribution < 1.29 is 19.4 Å². The van der Waals surface area contributed by atoms with Gasteiger partial charge in [0.25, 0.3) is 0 Å². The van der Waals surface area contributed by atoms with Crippen LogP contribution in [0.15, 0.2) is 0 Å². The molecular formula is C11H19NO4. The maximum Gasteiger partial charge on any atom is 0.329 e.